The maximum Gasteiger partial charge on any atom is 0.340 e. The van der Waals surface area contributed by atoms with Crippen molar-refractivity contribution in [1.82, 2.24) is 5.32 Å². The normalized spacial score (nSPS) is 12.1. The average molecular weight is 333 g/mol. The second-order valence-corrected chi connectivity index (χ2v) is 5.62. The molecule has 0 fully saturated rings. The van der Waals surface area contributed by atoms with E-state index in [4.69, 9.17) is 9.52 Å². The Morgan fingerprint density at radius 2 is 1.92 bits per heavy atom. The third-order valence-corrected chi connectivity index (χ3v) is 4.05. The van der Waals surface area contributed by atoms with E-state index >= 15 is 0 Å². The molecule has 0 aliphatic carbocycles. The molecule has 0 saturated carbocycles. The largest absolute Gasteiger partial charge is 0.508 e. The second-order valence-electron chi connectivity index (χ2n) is 5.62. The standard InChI is InChI=1S/C17H19NO6/c1-4-12(16(21)22)18-14(20)7-11-8(2)10-5-6-13(19)9(3)15(10)24-17(11)23/h5-6,12,19H,4,7H2,1-3H3,(H,18,20)(H,21,22). The van der Waals surface area contributed by atoms with Crippen molar-refractivity contribution < 1.29 is 24.2 Å². The summed E-state index contributed by atoms with van der Waals surface area (Å²) in [5.74, 6) is -1.67. The fourth-order valence-corrected chi connectivity index (χ4v) is 2.53. The first-order chi connectivity index (χ1) is 11.3. The van der Waals surface area contributed by atoms with Crippen LogP contribution in [-0.2, 0) is 16.0 Å². The lowest BCUT2D eigenvalue weighted by Crippen LogP contribution is -2.41. The molecule has 1 amide bonds. The predicted octanol–water partition coefficient (Wildman–Crippen LogP) is 1.64. The highest BCUT2D eigenvalue weighted by Gasteiger charge is 2.21. The van der Waals surface area contributed by atoms with E-state index < -0.39 is 23.5 Å². The molecule has 7 nitrogen and oxygen atoms in total. The van der Waals surface area contributed by atoms with E-state index in [1.54, 1.807) is 26.8 Å². The number of rotatable bonds is 5. The van der Waals surface area contributed by atoms with Crippen molar-refractivity contribution in [3.8, 4) is 5.75 Å². The lowest BCUT2D eigenvalue weighted by Gasteiger charge is -2.13. The highest BCUT2D eigenvalue weighted by molar-refractivity contribution is 5.88. The number of aromatic hydroxyl groups is 1. The molecule has 1 unspecified atom stereocenters. The third-order valence-electron chi connectivity index (χ3n) is 4.05. The van der Waals surface area contributed by atoms with E-state index in [1.165, 1.54) is 6.07 Å². The number of aryl methyl sites for hydroxylation is 2. The van der Waals surface area contributed by atoms with Crippen LogP contribution in [0.25, 0.3) is 11.0 Å². The fourth-order valence-electron chi connectivity index (χ4n) is 2.53. The number of phenolic OH excluding ortho intramolecular Hbond substituents is 1. The number of carboxylic acids is 1. The summed E-state index contributed by atoms with van der Waals surface area (Å²) in [6.07, 6.45) is -0.0291. The topological polar surface area (TPSA) is 117 Å². The monoisotopic (exact) mass is 333 g/mol. The maximum absolute atomic E-state index is 12.2. The minimum atomic E-state index is -1.13. The molecule has 0 radical (unpaired) electrons. The summed E-state index contributed by atoms with van der Waals surface area (Å²) in [7, 11) is 0. The molecule has 1 aromatic heterocycles. The Morgan fingerprint density at radius 3 is 2.50 bits per heavy atom. The number of nitrogens with one attached hydrogen (secondary N) is 1. The van der Waals surface area contributed by atoms with Crippen molar-refractivity contribution in [3.05, 3.63) is 39.2 Å². The van der Waals surface area contributed by atoms with Crippen LogP contribution in [0.5, 0.6) is 5.75 Å². The molecule has 3 N–H and O–H groups in total. The maximum atomic E-state index is 12.2. The summed E-state index contributed by atoms with van der Waals surface area (Å²) in [4.78, 5) is 35.2. The molecular formula is C17H19NO6. The summed E-state index contributed by atoms with van der Waals surface area (Å²) < 4.78 is 5.25. The molecule has 0 aliphatic rings. The number of aliphatic carboxylic acids is 1. The van der Waals surface area contributed by atoms with Crippen molar-refractivity contribution in [2.24, 2.45) is 0 Å². The van der Waals surface area contributed by atoms with Gasteiger partial charge in [-0.25, -0.2) is 9.59 Å². The zero-order chi connectivity index (χ0) is 18.0. The van der Waals surface area contributed by atoms with Crippen LogP contribution in [0.15, 0.2) is 21.3 Å². The molecule has 0 saturated heterocycles. The highest BCUT2D eigenvalue weighted by atomic mass is 16.4. The number of carboxylic acid groups (broad SMARTS) is 1. The summed E-state index contributed by atoms with van der Waals surface area (Å²) >= 11 is 0. The first-order valence-corrected chi connectivity index (χ1v) is 7.53. The quantitative estimate of drug-likeness (QED) is 0.716. The van der Waals surface area contributed by atoms with Crippen molar-refractivity contribution in [3.63, 3.8) is 0 Å². The molecule has 7 heteroatoms. The van der Waals surface area contributed by atoms with E-state index in [0.29, 0.717) is 16.5 Å². The smallest absolute Gasteiger partial charge is 0.340 e. The van der Waals surface area contributed by atoms with Gasteiger partial charge in [0.2, 0.25) is 5.91 Å². The summed E-state index contributed by atoms with van der Waals surface area (Å²) in [6, 6.07) is 2.11. The molecule has 2 aromatic rings. The summed E-state index contributed by atoms with van der Waals surface area (Å²) in [6.45, 7) is 4.96. The van der Waals surface area contributed by atoms with Crippen LogP contribution < -0.4 is 10.9 Å². The van der Waals surface area contributed by atoms with E-state index in [2.05, 4.69) is 5.32 Å². The van der Waals surface area contributed by atoms with Gasteiger partial charge in [-0.05, 0) is 38.0 Å². The van der Waals surface area contributed by atoms with Gasteiger partial charge in [0.05, 0.1) is 12.0 Å². The van der Waals surface area contributed by atoms with Crippen molar-refractivity contribution >= 4 is 22.8 Å². The Hall–Kier alpha value is -2.83. The second kappa shape index (κ2) is 6.74. The molecule has 24 heavy (non-hydrogen) atoms. The Bertz CT molecular complexity index is 867. The predicted molar refractivity (Wildman–Crippen MR) is 87.2 cm³/mol. The van der Waals surface area contributed by atoms with E-state index in [1.807, 2.05) is 0 Å². The molecule has 0 aliphatic heterocycles. The van der Waals surface area contributed by atoms with Crippen molar-refractivity contribution in [2.75, 3.05) is 0 Å². The van der Waals surface area contributed by atoms with Gasteiger partial charge in [-0.3, -0.25) is 4.79 Å². The zero-order valence-electron chi connectivity index (χ0n) is 13.7. The first kappa shape index (κ1) is 17.5. The van der Waals surface area contributed by atoms with Crippen LogP contribution in [0, 0.1) is 13.8 Å². The number of carbonyl (C=O) groups excluding carboxylic acids is 1. The summed E-state index contributed by atoms with van der Waals surface area (Å²) in [5.41, 5.74) is 0.791. The average Bonchev–Trinajstić information content (AvgIpc) is 2.52. The van der Waals surface area contributed by atoms with Gasteiger partial charge in [0.1, 0.15) is 17.4 Å². The lowest BCUT2D eigenvalue weighted by atomic mass is 10.0. The van der Waals surface area contributed by atoms with Gasteiger partial charge in [0.25, 0.3) is 0 Å². The molecule has 1 aromatic carbocycles. The highest BCUT2D eigenvalue weighted by Crippen LogP contribution is 2.28. The van der Waals surface area contributed by atoms with Crippen LogP contribution in [0.1, 0.15) is 30.0 Å². The molecular weight excluding hydrogens is 314 g/mol. The van der Waals surface area contributed by atoms with Gasteiger partial charge in [-0.2, -0.15) is 0 Å². The van der Waals surface area contributed by atoms with Crippen molar-refractivity contribution in [2.45, 2.75) is 39.7 Å². The molecule has 2 rings (SSSR count). The van der Waals surface area contributed by atoms with Gasteiger partial charge >= 0.3 is 11.6 Å². The van der Waals surface area contributed by atoms with Crippen LogP contribution in [0.2, 0.25) is 0 Å². The number of benzene rings is 1. The number of fused-ring (bicyclic) bond motifs is 1. The molecule has 0 bridgehead atoms. The van der Waals surface area contributed by atoms with Gasteiger partial charge in [-0.1, -0.05) is 6.92 Å². The minimum Gasteiger partial charge on any atom is -0.508 e. The van der Waals surface area contributed by atoms with E-state index in [-0.39, 0.29) is 29.7 Å². The molecule has 128 valence electrons. The van der Waals surface area contributed by atoms with Gasteiger partial charge in [0.15, 0.2) is 0 Å². The number of hydrogen-bond acceptors (Lipinski definition) is 5. The number of carbonyl (C=O) groups is 2. The Labute approximate surface area is 137 Å². The SMILES string of the molecule is CCC(NC(=O)Cc1c(C)c2ccc(O)c(C)c2oc1=O)C(=O)O. The Morgan fingerprint density at radius 1 is 1.25 bits per heavy atom. The Kier molecular flexibility index (Phi) is 4.92. The third kappa shape index (κ3) is 3.24. The van der Waals surface area contributed by atoms with Gasteiger partial charge in [0, 0.05) is 10.9 Å². The van der Waals surface area contributed by atoms with E-state index in [0.717, 1.165) is 0 Å². The molecule has 1 atom stereocenters. The van der Waals surface area contributed by atoms with Crippen LogP contribution in [-0.4, -0.2) is 28.1 Å². The number of hydrogen-bond donors (Lipinski definition) is 3. The van der Waals surface area contributed by atoms with Crippen molar-refractivity contribution in [1.29, 1.82) is 0 Å². The fraction of sp³-hybridized carbons (Fsp3) is 0.353. The lowest BCUT2D eigenvalue weighted by molar-refractivity contribution is -0.141. The molecule has 0 spiro atoms. The Balaban J connectivity index is 2.40. The van der Waals surface area contributed by atoms with E-state index in [9.17, 15) is 19.5 Å². The van der Waals surface area contributed by atoms with Crippen LogP contribution in [0.4, 0.5) is 0 Å². The first-order valence-electron chi connectivity index (χ1n) is 7.53. The van der Waals surface area contributed by atoms with Gasteiger partial charge in [-0.15, -0.1) is 0 Å². The summed E-state index contributed by atoms with van der Waals surface area (Å²) in [5, 5.41) is 21.7. The van der Waals surface area contributed by atoms with Crippen LogP contribution >= 0.6 is 0 Å². The number of amides is 1. The van der Waals surface area contributed by atoms with Crippen LogP contribution in [0.3, 0.4) is 0 Å². The molecule has 1 heterocycles. The number of phenols is 1. The minimum absolute atomic E-state index is 0.0165. The van der Waals surface area contributed by atoms with Gasteiger partial charge < -0.3 is 19.9 Å². The zero-order valence-corrected chi connectivity index (χ0v) is 13.7.